The molecule has 0 fully saturated rings. The van der Waals surface area contributed by atoms with Crippen molar-refractivity contribution in [2.75, 3.05) is 6.54 Å². The van der Waals surface area contributed by atoms with Gasteiger partial charge in [0.05, 0.1) is 6.07 Å². The standard InChI is InChI=1S/C13H19N3O/c1-4-10(7-14)12(17)16-9-13(2,3)11-5-6-15-8-11/h5-6,8,10,15H,4,9H2,1-3H3,(H,16,17). The third kappa shape index (κ3) is 3.35. The zero-order valence-corrected chi connectivity index (χ0v) is 10.6. The van der Waals surface area contributed by atoms with Crippen LogP contribution in [0.5, 0.6) is 0 Å². The zero-order valence-electron chi connectivity index (χ0n) is 10.6. The first-order chi connectivity index (χ1) is 8.01. The summed E-state index contributed by atoms with van der Waals surface area (Å²) in [5.74, 6) is -0.726. The second-order valence-corrected chi connectivity index (χ2v) is 4.79. The summed E-state index contributed by atoms with van der Waals surface area (Å²) in [5.41, 5.74) is 1.01. The van der Waals surface area contributed by atoms with Crippen LogP contribution in [0.2, 0.25) is 0 Å². The lowest BCUT2D eigenvalue weighted by atomic mass is 9.86. The molecule has 4 nitrogen and oxygen atoms in total. The molecule has 92 valence electrons. The van der Waals surface area contributed by atoms with Crippen LogP contribution in [0.1, 0.15) is 32.8 Å². The Kier molecular flexibility index (Phi) is 4.33. The molecule has 2 N–H and O–H groups in total. The van der Waals surface area contributed by atoms with E-state index in [1.807, 2.05) is 31.5 Å². The lowest BCUT2D eigenvalue weighted by molar-refractivity contribution is -0.123. The van der Waals surface area contributed by atoms with E-state index in [4.69, 9.17) is 5.26 Å². The maximum Gasteiger partial charge on any atom is 0.237 e. The number of aromatic nitrogens is 1. The number of hydrogen-bond donors (Lipinski definition) is 2. The van der Waals surface area contributed by atoms with E-state index in [0.29, 0.717) is 13.0 Å². The van der Waals surface area contributed by atoms with Crippen molar-refractivity contribution in [1.82, 2.24) is 10.3 Å². The average molecular weight is 233 g/mol. The summed E-state index contributed by atoms with van der Waals surface area (Å²) in [5, 5.41) is 11.6. The second kappa shape index (κ2) is 5.53. The van der Waals surface area contributed by atoms with Gasteiger partial charge in [0, 0.05) is 24.4 Å². The predicted molar refractivity (Wildman–Crippen MR) is 66.2 cm³/mol. The first-order valence-corrected chi connectivity index (χ1v) is 5.82. The maximum absolute atomic E-state index is 11.7. The van der Waals surface area contributed by atoms with Gasteiger partial charge in [-0.25, -0.2) is 0 Å². The highest BCUT2D eigenvalue weighted by molar-refractivity contribution is 5.81. The van der Waals surface area contributed by atoms with E-state index in [0.717, 1.165) is 5.56 Å². The van der Waals surface area contributed by atoms with E-state index in [1.165, 1.54) is 0 Å². The van der Waals surface area contributed by atoms with E-state index < -0.39 is 5.92 Å². The molecule has 0 spiro atoms. The largest absolute Gasteiger partial charge is 0.367 e. The monoisotopic (exact) mass is 233 g/mol. The number of H-pyrrole nitrogens is 1. The number of carbonyl (C=O) groups excluding carboxylic acids is 1. The van der Waals surface area contributed by atoms with Crippen LogP contribution in [-0.4, -0.2) is 17.4 Å². The summed E-state index contributed by atoms with van der Waals surface area (Å²) in [6.45, 7) is 6.49. The Balaban J connectivity index is 2.57. The molecule has 17 heavy (non-hydrogen) atoms. The van der Waals surface area contributed by atoms with Crippen molar-refractivity contribution in [2.24, 2.45) is 5.92 Å². The smallest absolute Gasteiger partial charge is 0.237 e. The van der Waals surface area contributed by atoms with E-state index in [9.17, 15) is 4.79 Å². The minimum Gasteiger partial charge on any atom is -0.367 e. The second-order valence-electron chi connectivity index (χ2n) is 4.79. The van der Waals surface area contributed by atoms with Crippen molar-refractivity contribution in [2.45, 2.75) is 32.6 Å². The Morgan fingerprint density at radius 1 is 1.65 bits per heavy atom. The molecular weight excluding hydrogens is 214 g/mol. The normalized spacial score (nSPS) is 12.8. The first-order valence-electron chi connectivity index (χ1n) is 5.82. The molecule has 1 heterocycles. The van der Waals surface area contributed by atoms with Crippen molar-refractivity contribution in [3.8, 4) is 6.07 Å². The van der Waals surface area contributed by atoms with Crippen molar-refractivity contribution >= 4 is 5.91 Å². The molecule has 1 aromatic rings. The molecule has 0 saturated carbocycles. The van der Waals surface area contributed by atoms with Gasteiger partial charge >= 0.3 is 0 Å². The van der Waals surface area contributed by atoms with Crippen LogP contribution in [0.15, 0.2) is 18.5 Å². The van der Waals surface area contributed by atoms with Crippen LogP contribution in [-0.2, 0) is 10.2 Å². The average Bonchev–Trinajstić information content (AvgIpc) is 2.82. The van der Waals surface area contributed by atoms with Gasteiger partial charge in [0.25, 0.3) is 0 Å². The van der Waals surface area contributed by atoms with Crippen LogP contribution < -0.4 is 5.32 Å². The molecule has 0 aliphatic carbocycles. The molecule has 1 unspecified atom stereocenters. The van der Waals surface area contributed by atoms with E-state index in [1.54, 1.807) is 0 Å². The Hall–Kier alpha value is -1.76. The van der Waals surface area contributed by atoms with Crippen LogP contribution in [0.3, 0.4) is 0 Å². The number of nitrogens with zero attached hydrogens (tertiary/aromatic N) is 1. The number of amides is 1. The van der Waals surface area contributed by atoms with Crippen molar-refractivity contribution in [3.63, 3.8) is 0 Å². The molecule has 1 atom stereocenters. The lowest BCUT2D eigenvalue weighted by Crippen LogP contribution is -2.39. The molecule has 0 saturated heterocycles. The summed E-state index contributed by atoms with van der Waals surface area (Å²) in [7, 11) is 0. The third-order valence-electron chi connectivity index (χ3n) is 2.96. The molecule has 1 aromatic heterocycles. The van der Waals surface area contributed by atoms with E-state index in [-0.39, 0.29) is 11.3 Å². The molecular formula is C13H19N3O. The Morgan fingerprint density at radius 3 is 2.82 bits per heavy atom. The molecule has 0 radical (unpaired) electrons. The van der Waals surface area contributed by atoms with Gasteiger partial charge in [-0.1, -0.05) is 20.8 Å². The van der Waals surface area contributed by atoms with Crippen molar-refractivity contribution < 1.29 is 4.79 Å². The lowest BCUT2D eigenvalue weighted by Gasteiger charge is -2.24. The number of nitriles is 1. The Morgan fingerprint density at radius 2 is 2.35 bits per heavy atom. The van der Waals surface area contributed by atoms with Crippen LogP contribution >= 0.6 is 0 Å². The van der Waals surface area contributed by atoms with Crippen molar-refractivity contribution in [1.29, 1.82) is 5.26 Å². The molecule has 0 aliphatic heterocycles. The highest BCUT2D eigenvalue weighted by Crippen LogP contribution is 2.21. The fraction of sp³-hybridized carbons (Fsp3) is 0.538. The number of hydrogen-bond acceptors (Lipinski definition) is 2. The summed E-state index contributed by atoms with van der Waals surface area (Å²) in [6, 6.07) is 4.00. The van der Waals surface area contributed by atoms with Gasteiger partial charge in [-0.2, -0.15) is 5.26 Å². The quantitative estimate of drug-likeness (QED) is 0.816. The van der Waals surface area contributed by atoms with Crippen LogP contribution in [0, 0.1) is 17.2 Å². The summed E-state index contributed by atoms with van der Waals surface area (Å²) in [6.07, 6.45) is 4.34. The summed E-state index contributed by atoms with van der Waals surface area (Å²) < 4.78 is 0. The highest BCUT2D eigenvalue weighted by atomic mass is 16.1. The van der Waals surface area contributed by atoms with E-state index in [2.05, 4.69) is 24.1 Å². The molecule has 4 heteroatoms. The first kappa shape index (κ1) is 13.3. The van der Waals surface area contributed by atoms with Gasteiger partial charge in [0.15, 0.2) is 0 Å². The molecule has 0 aromatic carbocycles. The fourth-order valence-corrected chi connectivity index (χ4v) is 1.61. The number of aromatic amines is 1. The minimum atomic E-state index is -0.544. The van der Waals surface area contributed by atoms with Gasteiger partial charge < -0.3 is 10.3 Å². The minimum absolute atomic E-state index is 0.136. The third-order valence-corrected chi connectivity index (χ3v) is 2.96. The molecule has 0 bridgehead atoms. The Labute approximate surface area is 102 Å². The van der Waals surface area contributed by atoms with Crippen molar-refractivity contribution in [3.05, 3.63) is 24.0 Å². The van der Waals surface area contributed by atoms with Crippen LogP contribution in [0.4, 0.5) is 0 Å². The van der Waals surface area contributed by atoms with Gasteiger partial charge in [-0.05, 0) is 18.1 Å². The van der Waals surface area contributed by atoms with E-state index >= 15 is 0 Å². The molecule has 0 aliphatic rings. The van der Waals surface area contributed by atoms with Crippen LogP contribution in [0.25, 0.3) is 0 Å². The highest BCUT2D eigenvalue weighted by Gasteiger charge is 2.23. The van der Waals surface area contributed by atoms with Gasteiger partial charge in [0.1, 0.15) is 5.92 Å². The molecule has 1 amide bonds. The maximum atomic E-state index is 11.7. The number of carbonyl (C=O) groups is 1. The SMILES string of the molecule is CCC(C#N)C(=O)NCC(C)(C)c1cc[nH]c1. The fourth-order valence-electron chi connectivity index (χ4n) is 1.61. The molecule has 1 rings (SSSR count). The van der Waals surface area contributed by atoms with Gasteiger partial charge in [-0.15, -0.1) is 0 Å². The predicted octanol–water partition coefficient (Wildman–Crippen LogP) is 1.96. The Bertz CT molecular complexity index is 401. The number of rotatable bonds is 5. The zero-order chi connectivity index (χ0) is 12.9. The summed E-state index contributed by atoms with van der Waals surface area (Å²) in [4.78, 5) is 14.7. The summed E-state index contributed by atoms with van der Waals surface area (Å²) >= 11 is 0. The van der Waals surface area contributed by atoms with Gasteiger partial charge in [-0.3, -0.25) is 4.79 Å². The number of nitrogens with one attached hydrogen (secondary N) is 2. The topological polar surface area (TPSA) is 68.7 Å². The van der Waals surface area contributed by atoms with Gasteiger partial charge in [0.2, 0.25) is 5.91 Å².